The summed E-state index contributed by atoms with van der Waals surface area (Å²) < 4.78 is 5.89. The zero-order chi connectivity index (χ0) is 32.3. The average Bonchev–Trinajstić information content (AvgIpc) is 3.04. The van der Waals surface area contributed by atoms with E-state index < -0.39 is 0 Å². The maximum atomic E-state index is 10.4. The number of hydrogen-bond acceptors (Lipinski definition) is 3. The number of benzene rings is 1. The largest absolute Gasteiger partial charge is 0.507 e. The van der Waals surface area contributed by atoms with E-state index in [1.165, 1.54) is 186 Å². The number of aliphatic imine (C=N–C) groups is 1. The van der Waals surface area contributed by atoms with Gasteiger partial charge in [0, 0.05) is 24.4 Å². The molecule has 3 heteroatoms. The van der Waals surface area contributed by atoms with Crippen LogP contribution in [0.15, 0.2) is 23.2 Å². The maximum absolute atomic E-state index is 10.4. The maximum Gasteiger partial charge on any atom is 0.128 e. The van der Waals surface area contributed by atoms with Crippen LogP contribution in [0.2, 0.25) is 0 Å². The van der Waals surface area contributed by atoms with Crippen molar-refractivity contribution in [2.24, 2.45) is 4.99 Å². The molecule has 0 saturated carbocycles. The highest BCUT2D eigenvalue weighted by molar-refractivity contribution is 5.83. The fourth-order valence-electron chi connectivity index (χ4n) is 6.30. The predicted octanol–water partition coefficient (Wildman–Crippen LogP) is 14.3. The Morgan fingerprint density at radius 1 is 0.489 bits per heavy atom. The molecular formula is C42H77NO2. The normalized spacial score (nSPS) is 11.6. The Balaban J connectivity index is 1.90. The molecule has 1 aromatic rings. The molecule has 0 amide bonds. The molecule has 0 saturated heterocycles. The lowest BCUT2D eigenvalue weighted by molar-refractivity contribution is 0.302. The van der Waals surface area contributed by atoms with Crippen LogP contribution >= 0.6 is 0 Å². The van der Waals surface area contributed by atoms with E-state index in [4.69, 9.17) is 4.74 Å². The topological polar surface area (TPSA) is 41.8 Å². The summed E-state index contributed by atoms with van der Waals surface area (Å²) in [6.07, 6.45) is 44.6. The molecule has 3 nitrogen and oxygen atoms in total. The van der Waals surface area contributed by atoms with Crippen molar-refractivity contribution in [1.82, 2.24) is 0 Å². The van der Waals surface area contributed by atoms with Gasteiger partial charge in [-0.2, -0.15) is 0 Å². The minimum Gasteiger partial charge on any atom is -0.507 e. The van der Waals surface area contributed by atoms with Crippen molar-refractivity contribution >= 4 is 6.21 Å². The molecule has 0 fully saturated rings. The van der Waals surface area contributed by atoms with Crippen molar-refractivity contribution in [1.29, 1.82) is 0 Å². The van der Waals surface area contributed by atoms with Crippen molar-refractivity contribution in [2.45, 2.75) is 213 Å². The van der Waals surface area contributed by atoms with E-state index in [9.17, 15) is 5.11 Å². The van der Waals surface area contributed by atoms with Gasteiger partial charge < -0.3 is 9.84 Å². The summed E-state index contributed by atoms with van der Waals surface area (Å²) in [6, 6.07) is 5.62. The minimum absolute atomic E-state index is 0.264. The first kappa shape index (κ1) is 41.5. The molecule has 0 spiro atoms. The van der Waals surface area contributed by atoms with Crippen LogP contribution in [0.3, 0.4) is 0 Å². The lowest BCUT2D eigenvalue weighted by Crippen LogP contribution is -1.97. The number of hydrogen-bond donors (Lipinski definition) is 1. The van der Waals surface area contributed by atoms with Crippen LogP contribution in [0, 0.1) is 0 Å². The molecule has 1 N–H and O–H groups in total. The molecule has 0 radical (unpaired) electrons. The molecule has 0 aliphatic carbocycles. The van der Waals surface area contributed by atoms with Crippen molar-refractivity contribution in [3.05, 3.63) is 23.8 Å². The number of aromatic hydroxyl groups is 1. The van der Waals surface area contributed by atoms with Gasteiger partial charge in [0.1, 0.15) is 11.5 Å². The summed E-state index contributed by atoms with van der Waals surface area (Å²) in [7, 11) is 0. The molecule has 0 heterocycles. The third kappa shape index (κ3) is 28.4. The standard InChI is InChI=1S/C42H77NO2/c1-3-5-7-9-11-13-15-17-19-20-22-24-26-28-30-32-36-43-39-40-34-35-41(38-42(40)44)45-37-33-31-29-27-25-23-21-18-16-14-12-10-8-6-4-2/h34-35,38-39,44H,3-33,36-37H2,1-2H3. The minimum atomic E-state index is 0.264. The first-order valence-corrected chi connectivity index (χ1v) is 20.2. The fourth-order valence-corrected chi connectivity index (χ4v) is 6.30. The van der Waals surface area contributed by atoms with Gasteiger partial charge >= 0.3 is 0 Å². The Morgan fingerprint density at radius 3 is 1.22 bits per heavy atom. The second kappa shape index (κ2) is 33.8. The third-order valence-electron chi connectivity index (χ3n) is 9.39. The van der Waals surface area contributed by atoms with Crippen molar-refractivity contribution in [2.75, 3.05) is 13.2 Å². The van der Waals surface area contributed by atoms with E-state index in [2.05, 4.69) is 18.8 Å². The Morgan fingerprint density at radius 2 is 0.844 bits per heavy atom. The Hall–Kier alpha value is -1.51. The third-order valence-corrected chi connectivity index (χ3v) is 9.39. The fraction of sp³-hybridized carbons (Fsp3) is 0.833. The number of nitrogens with zero attached hydrogens (tertiary/aromatic N) is 1. The van der Waals surface area contributed by atoms with Gasteiger partial charge in [0.15, 0.2) is 0 Å². The van der Waals surface area contributed by atoms with E-state index in [1.807, 2.05) is 18.3 Å². The zero-order valence-corrected chi connectivity index (χ0v) is 30.4. The summed E-state index contributed by atoms with van der Waals surface area (Å²) in [5.41, 5.74) is 0.783. The summed E-state index contributed by atoms with van der Waals surface area (Å²) in [5.74, 6) is 1.02. The molecule has 45 heavy (non-hydrogen) atoms. The SMILES string of the molecule is CCCCCCCCCCCCCCCCCCN=Cc1ccc(OCCCCCCCCCCCCCCCCC)cc1O. The quantitative estimate of drug-likeness (QED) is 0.0601. The summed E-state index contributed by atoms with van der Waals surface area (Å²) in [4.78, 5) is 4.56. The molecule has 262 valence electrons. The first-order valence-electron chi connectivity index (χ1n) is 20.2. The highest BCUT2D eigenvalue weighted by Gasteiger charge is 2.02. The molecule has 0 atom stereocenters. The van der Waals surface area contributed by atoms with E-state index in [0.717, 1.165) is 37.3 Å². The van der Waals surface area contributed by atoms with Gasteiger partial charge in [0.2, 0.25) is 0 Å². The molecule has 0 aromatic heterocycles. The zero-order valence-electron chi connectivity index (χ0n) is 30.4. The Bertz CT molecular complexity index is 761. The smallest absolute Gasteiger partial charge is 0.128 e. The Kier molecular flexibility index (Phi) is 31.2. The monoisotopic (exact) mass is 628 g/mol. The van der Waals surface area contributed by atoms with Gasteiger partial charge in [0.05, 0.1) is 6.61 Å². The second-order valence-corrected chi connectivity index (χ2v) is 13.9. The lowest BCUT2D eigenvalue weighted by atomic mass is 10.0. The number of phenols is 1. The molecule has 0 unspecified atom stereocenters. The number of rotatable bonds is 35. The first-order chi connectivity index (χ1) is 22.3. The second-order valence-electron chi connectivity index (χ2n) is 13.9. The van der Waals surface area contributed by atoms with E-state index in [0.29, 0.717) is 0 Å². The van der Waals surface area contributed by atoms with Crippen LogP contribution in [0.25, 0.3) is 0 Å². The van der Waals surface area contributed by atoms with Crippen molar-refractivity contribution in [3.8, 4) is 11.5 Å². The highest BCUT2D eigenvalue weighted by Crippen LogP contribution is 2.23. The van der Waals surface area contributed by atoms with Crippen LogP contribution in [-0.2, 0) is 0 Å². The number of unbranched alkanes of at least 4 members (excludes halogenated alkanes) is 29. The van der Waals surface area contributed by atoms with Crippen molar-refractivity contribution in [3.63, 3.8) is 0 Å². The molecule has 0 bridgehead atoms. The van der Waals surface area contributed by atoms with Gasteiger partial charge in [-0.25, -0.2) is 0 Å². The van der Waals surface area contributed by atoms with E-state index >= 15 is 0 Å². The van der Waals surface area contributed by atoms with Crippen LogP contribution < -0.4 is 4.74 Å². The molecule has 1 rings (SSSR count). The molecule has 0 aliphatic rings. The summed E-state index contributed by atoms with van der Waals surface area (Å²) in [5, 5.41) is 10.4. The summed E-state index contributed by atoms with van der Waals surface area (Å²) in [6.45, 7) is 6.15. The summed E-state index contributed by atoms with van der Waals surface area (Å²) >= 11 is 0. The number of phenolic OH excluding ortho intramolecular Hbond substituents is 1. The number of ether oxygens (including phenoxy) is 1. The molecular weight excluding hydrogens is 550 g/mol. The van der Waals surface area contributed by atoms with Crippen molar-refractivity contribution < 1.29 is 9.84 Å². The predicted molar refractivity (Wildman–Crippen MR) is 201 cm³/mol. The van der Waals surface area contributed by atoms with Gasteiger partial charge in [-0.3, -0.25) is 4.99 Å². The molecule has 1 aromatic carbocycles. The highest BCUT2D eigenvalue weighted by atomic mass is 16.5. The lowest BCUT2D eigenvalue weighted by Gasteiger charge is -2.08. The van der Waals surface area contributed by atoms with E-state index in [-0.39, 0.29) is 5.75 Å². The van der Waals surface area contributed by atoms with Gasteiger partial charge in [-0.1, -0.05) is 200 Å². The van der Waals surface area contributed by atoms with Crippen LogP contribution in [0.4, 0.5) is 0 Å². The average molecular weight is 628 g/mol. The Labute approximate surface area is 281 Å². The van der Waals surface area contributed by atoms with Crippen LogP contribution in [-0.4, -0.2) is 24.5 Å². The van der Waals surface area contributed by atoms with Gasteiger partial charge in [0.25, 0.3) is 0 Å². The molecule has 0 aliphatic heterocycles. The van der Waals surface area contributed by atoms with Gasteiger partial charge in [-0.05, 0) is 25.0 Å². The van der Waals surface area contributed by atoms with Gasteiger partial charge in [-0.15, -0.1) is 0 Å². The van der Waals surface area contributed by atoms with Crippen LogP contribution in [0.5, 0.6) is 11.5 Å². The van der Waals surface area contributed by atoms with Crippen LogP contribution in [0.1, 0.15) is 218 Å². The van der Waals surface area contributed by atoms with E-state index in [1.54, 1.807) is 6.07 Å².